The Morgan fingerprint density at radius 3 is 2.40 bits per heavy atom. The summed E-state index contributed by atoms with van der Waals surface area (Å²) in [5.41, 5.74) is 7.16. The molecule has 5 nitrogen and oxygen atoms in total. The molecule has 1 aromatic carbocycles. The van der Waals surface area contributed by atoms with Gasteiger partial charge in [-0.25, -0.2) is 13.4 Å². The second-order valence-corrected chi connectivity index (χ2v) is 6.15. The molecule has 0 unspecified atom stereocenters. The van der Waals surface area contributed by atoms with Gasteiger partial charge in [0.1, 0.15) is 10.7 Å². The molecule has 0 aliphatic carbocycles. The van der Waals surface area contributed by atoms with Gasteiger partial charge >= 0.3 is 0 Å². The van der Waals surface area contributed by atoms with Crippen molar-refractivity contribution in [1.82, 2.24) is 4.98 Å². The van der Waals surface area contributed by atoms with Gasteiger partial charge in [0, 0.05) is 11.9 Å². The smallest absolute Gasteiger partial charge is 0.263 e. The lowest BCUT2D eigenvalue weighted by molar-refractivity contribution is 0.601. The molecule has 2 aromatic rings. The molecule has 2 rings (SSSR count). The number of nitrogen functional groups attached to an aromatic ring is 1. The fraction of sp³-hybridized carbons (Fsp3) is 0.214. The zero-order chi connectivity index (χ0) is 14.6. The van der Waals surface area contributed by atoms with Crippen LogP contribution in [0.1, 0.15) is 18.9 Å². The highest BCUT2D eigenvalue weighted by Gasteiger charge is 2.14. The molecule has 6 heteroatoms. The quantitative estimate of drug-likeness (QED) is 0.886. The van der Waals surface area contributed by atoms with Crippen LogP contribution in [0.5, 0.6) is 0 Å². The van der Waals surface area contributed by atoms with Crippen molar-refractivity contribution in [2.45, 2.75) is 24.7 Å². The van der Waals surface area contributed by atoms with Gasteiger partial charge in [-0.15, -0.1) is 0 Å². The van der Waals surface area contributed by atoms with Crippen molar-refractivity contribution in [2.75, 3.05) is 10.5 Å². The minimum atomic E-state index is -3.62. The van der Waals surface area contributed by atoms with Crippen LogP contribution in [0.3, 0.4) is 0 Å². The Labute approximate surface area is 118 Å². The van der Waals surface area contributed by atoms with Gasteiger partial charge < -0.3 is 5.73 Å². The summed E-state index contributed by atoms with van der Waals surface area (Å²) in [4.78, 5) is 3.87. The first-order valence-corrected chi connectivity index (χ1v) is 7.83. The predicted octanol–water partition coefficient (Wildman–Crippen LogP) is 2.42. The number of benzene rings is 1. The molecule has 20 heavy (non-hydrogen) atoms. The summed E-state index contributed by atoms with van der Waals surface area (Å²) in [6, 6.07) is 10.2. The van der Waals surface area contributed by atoms with Crippen LogP contribution in [0.15, 0.2) is 47.5 Å². The van der Waals surface area contributed by atoms with Crippen molar-refractivity contribution in [3.63, 3.8) is 0 Å². The van der Waals surface area contributed by atoms with Crippen molar-refractivity contribution in [1.29, 1.82) is 0 Å². The lowest BCUT2D eigenvalue weighted by Gasteiger charge is -2.08. The van der Waals surface area contributed by atoms with Crippen molar-refractivity contribution in [3.8, 4) is 0 Å². The molecule has 0 atom stereocenters. The van der Waals surface area contributed by atoms with E-state index < -0.39 is 10.0 Å². The van der Waals surface area contributed by atoms with Gasteiger partial charge in [0.15, 0.2) is 0 Å². The summed E-state index contributed by atoms with van der Waals surface area (Å²) in [7, 11) is -3.62. The lowest BCUT2D eigenvalue weighted by Crippen LogP contribution is -2.13. The van der Waals surface area contributed by atoms with Gasteiger partial charge in [-0.1, -0.05) is 25.5 Å². The number of hydrogen-bond acceptors (Lipinski definition) is 4. The minimum Gasteiger partial charge on any atom is -0.384 e. The number of anilines is 2. The minimum absolute atomic E-state index is 0.0873. The second-order valence-electron chi connectivity index (χ2n) is 4.47. The molecular weight excluding hydrogens is 274 g/mol. The zero-order valence-corrected chi connectivity index (χ0v) is 12.0. The Kier molecular flexibility index (Phi) is 4.24. The highest BCUT2D eigenvalue weighted by molar-refractivity contribution is 7.92. The maximum atomic E-state index is 12.1. The lowest BCUT2D eigenvalue weighted by atomic mass is 10.1. The van der Waals surface area contributed by atoms with Gasteiger partial charge in [-0.3, -0.25) is 4.72 Å². The van der Waals surface area contributed by atoms with Crippen LogP contribution in [-0.2, 0) is 16.4 Å². The SMILES string of the molecule is CCCc1ccc(NS(=O)(=O)c2ccc(N)nc2)cc1. The molecule has 1 aromatic heterocycles. The average molecular weight is 291 g/mol. The standard InChI is InChI=1S/C14H17N3O2S/c1-2-3-11-4-6-12(7-5-11)17-20(18,19)13-8-9-14(15)16-10-13/h4-10,17H,2-3H2,1H3,(H2,15,16). The maximum Gasteiger partial charge on any atom is 0.263 e. The molecule has 106 valence electrons. The van der Waals surface area contributed by atoms with Crippen LogP contribution >= 0.6 is 0 Å². The third kappa shape index (κ3) is 3.48. The van der Waals surface area contributed by atoms with Crippen LogP contribution < -0.4 is 10.5 Å². The number of aryl methyl sites for hydroxylation is 1. The monoisotopic (exact) mass is 291 g/mol. The number of nitrogens with one attached hydrogen (secondary N) is 1. The molecule has 1 heterocycles. The summed E-state index contributed by atoms with van der Waals surface area (Å²) in [5.74, 6) is 0.285. The van der Waals surface area contributed by atoms with Crippen molar-refractivity contribution in [2.24, 2.45) is 0 Å². The van der Waals surface area contributed by atoms with E-state index in [0.29, 0.717) is 5.69 Å². The Bertz CT molecular complexity index is 665. The Morgan fingerprint density at radius 2 is 1.85 bits per heavy atom. The number of sulfonamides is 1. The molecule has 0 saturated carbocycles. The van der Waals surface area contributed by atoms with Crippen LogP contribution in [0.25, 0.3) is 0 Å². The van der Waals surface area contributed by atoms with E-state index in [0.717, 1.165) is 12.8 Å². The first-order valence-electron chi connectivity index (χ1n) is 6.34. The second kappa shape index (κ2) is 5.92. The van der Waals surface area contributed by atoms with Crippen molar-refractivity contribution < 1.29 is 8.42 Å². The number of hydrogen-bond donors (Lipinski definition) is 2. The van der Waals surface area contributed by atoms with Crippen LogP contribution in [-0.4, -0.2) is 13.4 Å². The fourth-order valence-electron chi connectivity index (χ4n) is 1.79. The first-order chi connectivity index (χ1) is 9.51. The van der Waals surface area contributed by atoms with Crippen LogP contribution in [0.4, 0.5) is 11.5 Å². The van der Waals surface area contributed by atoms with E-state index in [1.807, 2.05) is 12.1 Å². The van der Waals surface area contributed by atoms with Gasteiger partial charge in [-0.2, -0.15) is 0 Å². The van der Waals surface area contributed by atoms with E-state index in [4.69, 9.17) is 5.73 Å². The van der Waals surface area contributed by atoms with Crippen molar-refractivity contribution >= 4 is 21.5 Å². The summed E-state index contributed by atoms with van der Waals surface area (Å²) in [5, 5.41) is 0. The van der Waals surface area contributed by atoms with Gasteiger partial charge in [0.2, 0.25) is 0 Å². The summed E-state index contributed by atoms with van der Waals surface area (Å²) in [6.45, 7) is 2.10. The molecule has 0 aliphatic rings. The van der Waals surface area contributed by atoms with E-state index in [-0.39, 0.29) is 10.7 Å². The van der Waals surface area contributed by atoms with Crippen LogP contribution in [0, 0.1) is 0 Å². The van der Waals surface area contributed by atoms with E-state index in [2.05, 4.69) is 16.6 Å². The first kappa shape index (κ1) is 14.3. The van der Waals surface area contributed by atoms with Gasteiger partial charge in [0.05, 0.1) is 0 Å². The molecule has 3 N–H and O–H groups in total. The van der Waals surface area contributed by atoms with Gasteiger partial charge in [-0.05, 0) is 36.2 Å². The molecule has 0 amide bonds. The predicted molar refractivity (Wildman–Crippen MR) is 79.9 cm³/mol. The Hall–Kier alpha value is -2.08. The van der Waals surface area contributed by atoms with E-state index in [9.17, 15) is 8.42 Å². The largest absolute Gasteiger partial charge is 0.384 e. The van der Waals surface area contributed by atoms with Crippen molar-refractivity contribution in [3.05, 3.63) is 48.2 Å². The fourth-order valence-corrected chi connectivity index (χ4v) is 2.80. The molecule has 0 radical (unpaired) electrons. The number of pyridine rings is 1. The molecule has 0 saturated heterocycles. The average Bonchev–Trinajstić information content (AvgIpc) is 2.41. The third-order valence-corrected chi connectivity index (χ3v) is 4.18. The highest BCUT2D eigenvalue weighted by Crippen LogP contribution is 2.17. The molecule has 0 spiro atoms. The van der Waals surface area contributed by atoms with E-state index in [1.165, 1.54) is 23.9 Å². The number of nitrogens with zero attached hydrogens (tertiary/aromatic N) is 1. The zero-order valence-electron chi connectivity index (χ0n) is 11.2. The summed E-state index contributed by atoms with van der Waals surface area (Å²) in [6.07, 6.45) is 3.28. The van der Waals surface area contributed by atoms with E-state index >= 15 is 0 Å². The molecule has 0 aliphatic heterocycles. The number of nitrogens with two attached hydrogens (primary N) is 1. The summed E-state index contributed by atoms with van der Waals surface area (Å²) < 4.78 is 26.8. The molecular formula is C14H17N3O2S. The molecule has 0 bridgehead atoms. The third-order valence-electron chi connectivity index (χ3n) is 2.81. The topological polar surface area (TPSA) is 85.1 Å². The number of aromatic nitrogens is 1. The van der Waals surface area contributed by atoms with E-state index in [1.54, 1.807) is 12.1 Å². The molecule has 0 fully saturated rings. The van der Waals surface area contributed by atoms with Crippen LogP contribution in [0.2, 0.25) is 0 Å². The number of rotatable bonds is 5. The normalized spacial score (nSPS) is 11.2. The Morgan fingerprint density at radius 1 is 1.15 bits per heavy atom. The van der Waals surface area contributed by atoms with Gasteiger partial charge in [0.25, 0.3) is 10.0 Å². The Balaban J connectivity index is 2.17. The summed E-state index contributed by atoms with van der Waals surface area (Å²) >= 11 is 0. The highest BCUT2D eigenvalue weighted by atomic mass is 32.2. The maximum absolute atomic E-state index is 12.1.